The number of likely N-dealkylation sites (tertiary alicyclic amines) is 1. The van der Waals surface area contributed by atoms with Crippen molar-refractivity contribution in [1.82, 2.24) is 4.90 Å². The third-order valence-corrected chi connectivity index (χ3v) is 4.16. The molecule has 0 spiro atoms. The Kier molecular flexibility index (Phi) is 4.32. The van der Waals surface area contributed by atoms with Crippen molar-refractivity contribution in [3.63, 3.8) is 0 Å². The summed E-state index contributed by atoms with van der Waals surface area (Å²) < 4.78 is 0. The van der Waals surface area contributed by atoms with Gasteiger partial charge in [0.15, 0.2) is 0 Å². The fraction of sp³-hybridized carbons (Fsp3) is 0.500. The predicted molar refractivity (Wildman–Crippen MR) is 76.6 cm³/mol. The summed E-state index contributed by atoms with van der Waals surface area (Å²) in [5, 5.41) is 12.8. The number of hydrogen-bond donors (Lipinski definition) is 2. The second kappa shape index (κ2) is 5.80. The van der Waals surface area contributed by atoms with Crippen molar-refractivity contribution < 1.29 is 9.90 Å². The number of carbonyl (C=O) groups is 1. The first-order chi connectivity index (χ1) is 9.02. The molecule has 2 N–H and O–H groups in total. The average Bonchev–Trinajstić information content (AvgIpc) is 2.75. The summed E-state index contributed by atoms with van der Waals surface area (Å²) in [6.45, 7) is 4.65. The van der Waals surface area contributed by atoms with Crippen molar-refractivity contribution in [2.24, 2.45) is 5.92 Å². The quantitative estimate of drug-likeness (QED) is 0.876. The van der Waals surface area contributed by atoms with Crippen molar-refractivity contribution in [1.29, 1.82) is 0 Å². The zero-order valence-electron chi connectivity index (χ0n) is 11.2. The van der Waals surface area contributed by atoms with Gasteiger partial charge in [0.25, 0.3) is 0 Å². The van der Waals surface area contributed by atoms with E-state index in [0.29, 0.717) is 23.2 Å². The first-order valence-electron chi connectivity index (χ1n) is 6.47. The number of aliphatic hydroxyl groups is 1. The molecule has 4 nitrogen and oxygen atoms in total. The molecule has 19 heavy (non-hydrogen) atoms. The molecule has 2 amide bonds. The molecule has 0 saturated carbocycles. The second-order valence-electron chi connectivity index (χ2n) is 5.10. The van der Waals surface area contributed by atoms with Crippen LogP contribution in [0.1, 0.15) is 18.9 Å². The highest BCUT2D eigenvalue weighted by Crippen LogP contribution is 2.25. The molecule has 1 aromatic carbocycles. The van der Waals surface area contributed by atoms with Gasteiger partial charge in [-0.1, -0.05) is 24.6 Å². The second-order valence-corrected chi connectivity index (χ2v) is 5.51. The van der Waals surface area contributed by atoms with Crippen LogP contribution in [0.2, 0.25) is 5.02 Å². The highest BCUT2D eigenvalue weighted by molar-refractivity contribution is 6.31. The Balaban J connectivity index is 2.06. The molecule has 1 aromatic rings. The lowest BCUT2D eigenvalue weighted by Crippen LogP contribution is -2.42. The number of amides is 2. The molecule has 5 heteroatoms. The number of anilines is 1. The van der Waals surface area contributed by atoms with Gasteiger partial charge in [-0.15, -0.1) is 0 Å². The van der Waals surface area contributed by atoms with Gasteiger partial charge < -0.3 is 15.3 Å². The third kappa shape index (κ3) is 3.01. The Bertz CT molecular complexity index is 479. The SMILES string of the molecule is Cc1ccc(NC(=O)N2CCC(C)C2CO)cc1Cl. The largest absolute Gasteiger partial charge is 0.394 e. The van der Waals surface area contributed by atoms with E-state index in [1.165, 1.54) is 0 Å². The topological polar surface area (TPSA) is 52.6 Å². The number of halogens is 1. The molecule has 1 aliphatic heterocycles. The maximum atomic E-state index is 12.2. The van der Waals surface area contributed by atoms with E-state index in [2.05, 4.69) is 12.2 Å². The lowest BCUT2D eigenvalue weighted by Gasteiger charge is -2.25. The molecule has 2 unspecified atom stereocenters. The van der Waals surface area contributed by atoms with Crippen LogP contribution in [0.15, 0.2) is 18.2 Å². The van der Waals surface area contributed by atoms with Crippen LogP contribution in [0, 0.1) is 12.8 Å². The van der Waals surface area contributed by atoms with Crippen molar-refractivity contribution >= 4 is 23.3 Å². The van der Waals surface area contributed by atoms with Crippen LogP contribution >= 0.6 is 11.6 Å². The number of benzene rings is 1. The maximum Gasteiger partial charge on any atom is 0.322 e. The monoisotopic (exact) mass is 282 g/mol. The molecule has 0 aliphatic carbocycles. The summed E-state index contributed by atoms with van der Waals surface area (Å²) in [6.07, 6.45) is 0.924. The lowest BCUT2D eigenvalue weighted by molar-refractivity contribution is 0.152. The van der Waals surface area contributed by atoms with E-state index in [0.717, 1.165) is 12.0 Å². The van der Waals surface area contributed by atoms with E-state index in [-0.39, 0.29) is 18.7 Å². The van der Waals surface area contributed by atoms with Crippen LogP contribution in [0.25, 0.3) is 0 Å². The Morgan fingerprint density at radius 2 is 2.32 bits per heavy atom. The van der Waals surface area contributed by atoms with Gasteiger partial charge in [-0.2, -0.15) is 0 Å². The van der Waals surface area contributed by atoms with Gasteiger partial charge in [0.05, 0.1) is 12.6 Å². The molecule has 1 fully saturated rings. The number of rotatable bonds is 2. The van der Waals surface area contributed by atoms with Gasteiger partial charge in [0.1, 0.15) is 0 Å². The Hall–Kier alpha value is -1.26. The zero-order valence-corrected chi connectivity index (χ0v) is 11.9. The number of nitrogens with one attached hydrogen (secondary N) is 1. The molecule has 0 aromatic heterocycles. The Labute approximate surface area is 118 Å². The summed E-state index contributed by atoms with van der Waals surface area (Å²) in [7, 11) is 0. The summed E-state index contributed by atoms with van der Waals surface area (Å²) in [6, 6.07) is 5.16. The minimum absolute atomic E-state index is 0.00321. The molecule has 1 aliphatic rings. The van der Waals surface area contributed by atoms with Gasteiger partial charge in [-0.3, -0.25) is 0 Å². The number of urea groups is 1. The molecule has 0 radical (unpaired) electrons. The summed E-state index contributed by atoms with van der Waals surface area (Å²) in [5.41, 5.74) is 1.65. The van der Waals surface area contributed by atoms with E-state index in [9.17, 15) is 9.90 Å². The molecule has 2 atom stereocenters. The molecule has 2 rings (SSSR count). The molecular weight excluding hydrogens is 264 g/mol. The van der Waals surface area contributed by atoms with Crippen molar-refractivity contribution in [3.8, 4) is 0 Å². The Morgan fingerprint density at radius 1 is 1.58 bits per heavy atom. The van der Waals surface area contributed by atoms with Gasteiger partial charge in [0.2, 0.25) is 0 Å². The average molecular weight is 283 g/mol. The molecule has 0 bridgehead atoms. The van der Waals surface area contributed by atoms with Crippen molar-refractivity contribution in [2.45, 2.75) is 26.3 Å². The smallest absolute Gasteiger partial charge is 0.322 e. The van der Waals surface area contributed by atoms with Crippen LogP contribution in [0.3, 0.4) is 0 Å². The highest BCUT2D eigenvalue weighted by Gasteiger charge is 2.33. The van der Waals surface area contributed by atoms with E-state index in [1.807, 2.05) is 19.1 Å². The highest BCUT2D eigenvalue weighted by atomic mass is 35.5. The van der Waals surface area contributed by atoms with Gasteiger partial charge in [-0.25, -0.2) is 4.79 Å². The van der Waals surface area contributed by atoms with Crippen LogP contribution in [-0.4, -0.2) is 35.2 Å². The molecule has 104 valence electrons. The third-order valence-electron chi connectivity index (χ3n) is 3.75. The summed E-state index contributed by atoms with van der Waals surface area (Å²) in [5.74, 6) is 0.331. The van der Waals surface area contributed by atoms with E-state index in [1.54, 1.807) is 11.0 Å². The van der Waals surface area contributed by atoms with E-state index >= 15 is 0 Å². The van der Waals surface area contributed by atoms with Gasteiger partial charge >= 0.3 is 6.03 Å². The first-order valence-corrected chi connectivity index (χ1v) is 6.85. The number of aliphatic hydroxyl groups excluding tert-OH is 1. The number of nitrogens with zero attached hydrogens (tertiary/aromatic N) is 1. The first kappa shape index (κ1) is 14.2. The van der Waals surface area contributed by atoms with Crippen LogP contribution in [0.4, 0.5) is 10.5 Å². The molecule has 1 saturated heterocycles. The number of carbonyl (C=O) groups excluding carboxylic acids is 1. The zero-order chi connectivity index (χ0) is 14.0. The van der Waals surface area contributed by atoms with Gasteiger partial charge in [-0.05, 0) is 37.0 Å². The maximum absolute atomic E-state index is 12.2. The minimum atomic E-state index is -0.177. The van der Waals surface area contributed by atoms with Crippen LogP contribution < -0.4 is 5.32 Å². The lowest BCUT2D eigenvalue weighted by atomic mass is 10.0. The number of hydrogen-bond acceptors (Lipinski definition) is 2. The van der Waals surface area contributed by atoms with Crippen molar-refractivity contribution in [3.05, 3.63) is 28.8 Å². The standard InChI is InChI=1S/C14H19ClN2O2/c1-9-3-4-11(7-12(9)15)16-14(19)17-6-5-10(2)13(17)8-18/h3-4,7,10,13,18H,5-6,8H2,1-2H3,(H,16,19). The molecule has 1 heterocycles. The normalized spacial score (nSPS) is 22.6. The van der Waals surface area contributed by atoms with Crippen LogP contribution in [-0.2, 0) is 0 Å². The Morgan fingerprint density at radius 3 is 2.95 bits per heavy atom. The number of aryl methyl sites for hydroxylation is 1. The minimum Gasteiger partial charge on any atom is -0.394 e. The fourth-order valence-corrected chi connectivity index (χ4v) is 2.59. The summed E-state index contributed by atoms with van der Waals surface area (Å²) >= 11 is 6.03. The van der Waals surface area contributed by atoms with Crippen molar-refractivity contribution in [2.75, 3.05) is 18.5 Å². The molecular formula is C14H19ClN2O2. The van der Waals surface area contributed by atoms with Crippen LogP contribution in [0.5, 0.6) is 0 Å². The van der Waals surface area contributed by atoms with E-state index < -0.39 is 0 Å². The van der Waals surface area contributed by atoms with Gasteiger partial charge in [0, 0.05) is 17.3 Å². The van der Waals surface area contributed by atoms with E-state index in [4.69, 9.17) is 11.6 Å². The fourth-order valence-electron chi connectivity index (χ4n) is 2.40. The summed E-state index contributed by atoms with van der Waals surface area (Å²) in [4.78, 5) is 13.9. The predicted octanol–water partition coefficient (Wildman–Crippen LogP) is 2.88.